The molecule has 0 spiro atoms. The third-order valence-electron chi connectivity index (χ3n) is 4.82. The van der Waals surface area contributed by atoms with Crippen molar-refractivity contribution in [3.63, 3.8) is 0 Å². The molecule has 1 N–H and O–H groups in total. The van der Waals surface area contributed by atoms with Crippen LogP contribution in [0.2, 0.25) is 0 Å². The first kappa shape index (κ1) is 15.0. The molecule has 1 aliphatic rings. The Hall–Kier alpha value is -1.94. The van der Waals surface area contributed by atoms with E-state index in [1.807, 2.05) is 37.3 Å². The Balaban J connectivity index is 1.94. The first-order valence-corrected chi connectivity index (χ1v) is 7.91. The van der Waals surface area contributed by atoms with Crippen LogP contribution in [0.4, 0.5) is 0 Å². The lowest BCUT2D eigenvalue weighted by Crippen LogP contribution is -2.44. The van der Waals surface area contributed by atoms with Crippen LogP contribution in [0.25, 0.3) is 0 Å². The fourth-order valence-electron chi connectivity index (χ4n) is 3.51. The van der Waals surface area contributed by atoms with Crippen molar-refractivity contribution in [3.05, 3.63) is 54.1 Å². The van der Waals surface area contributed by atoms with Crippen molar-refractivity contribution in [1.29, 1.82) is 0 Å². The second-order valence-electron chi connectivity index (χ2n) is 6.14. The van der Waals surface area contributed by atoms with Crippen LogP contribution >= 0.6 is 0 Å². The Bertz CT molecular complexity index is 644. The molecule has 2 aromatic rings. The van der Waals surface area contributed by atoms with Gasteiger partial charge in [-0.25, -0.2) is 4.98 Å². The van der Waals surface area contributed by atoms with E-state index >= 15 is 0 Å². The number of aryl methyl sites for hydroxylation is 1. The molecule has 0 radical (unpaired) electrons. The molecule has 0 bridgehead atoms. The third-order valence-corrected chi connectivity index (χ3v) is 4.82. The summed E-state index contributed by atoms with van der Waals surface area (Å²) in [5.74, 6) is 0.646. The number of aliphatic hydroxyl groups is 1. The van der Waals surface area contributed by atoms with E-state index in [0.717, 1.165) is 31.5 Å². The van der Waals surface area contributed by atoms with Gasteiger partial charge in [-0.15, -0.1) is 0 Å². The van der Waals surface area contributed by atoms with E-state index in [1.165, 1.54) is 0 Å². The number of ketones is 1. The van der Waals surface area contributed by atoms with Crippen molar-refractivity contribution in [2.75, 3.05) is 0 Å². The molecule has 1 unspecified atom stereocenters. The zero-order valence-corrected chi connectivity index (χ0v) is 12.9. The minimum atomic E-state index is -1.39. The van der Waals surface area contributed by atoms with Gasteiger partial charge in [-0.05, 0) is 31.2 Å². The van der Waals surface area contributed by atoms with Crippen LogP contribution in [0.5, 0.6) is 0 Å². The number of hydrogen-bond acceptors (Lipinski definition) is 3. The van der Waals surface area contributed by atoms with Gasteiger partial charge >= 0.3 is 0 Å². The summed E-state index contributed by atoms with van der Waals surface area (Å²) in [5.41, 5.74) is -0.682. The molecule has 1 atom stereocenters. The Morgan fingerprint density at radius 1 is 1.32 bits per heavy atom. The van der Waals surface area contributed by atoms with Gasteiger partial charge in [0.05, 0.1) is 6.54 Å². The molecule has 1 aliphatic carbocycles. The number of rotatable bonds is 5. The average Bonchev–Trinajstić information content (AvgIpc) is 3.20. The van der Waals surface area contributed by atoms with E-state index in [-0.39, 0.29) is 18.2 Å². The second kappa shape index (κ2) is 6.05. The molecule has 4 heteroatoms. The number of benzene rings is 1. The van der Waals surface area contributed by atoms with E-state index in [9.17, 15) is 9.90 Å². The summed E-state index contributed by atoms with van der Waals surface area (Å²) in [7, 11) is 0. The second-order valence-corrected chi connectivity index (χ2v) is 6.14. The lowest BCUT2D eigenvalue weighted by Gasteiger charge is -2.33. The minimum absolute atomic E-state index is 0.00577. The molecule has 116 valence electrons. The molecule has 0 aliphatic heterocycles. The van der Waals surface area contributed by atoms with E-state index in [0.29, 0.717) is 5.56 Å². The summed E-state index contributed by atoms with van der Waals surface area (Å²) in [6.07, 6.45) is 7.43. The number of aromatic nitrogens is 2. The van der Waals surface area contributed by atoms with E-state index in [1.54, 1.807) is 17.0 Å². The van der Waals surface area contributed by atoms with Crippen LogP contribution in [-0.4, -0.2) is 20.4 Å². The smallest absolute Gasteiger partial charge is 0.188 e. The van der Waals surface area contributed by atoms with Gasteiger partial charge < -0.3 is 9.67 Å². The van der Waals surface area contributed by atoms with Crippen LogP contribution in [0.1, 0.15) is 37.1 Å². The fourth-order valence-corrected chi connectivity index (χ4v) is 3.51. The van der Waals surface area contributed by atoms with Crippen molar-refractivity contribution in [2.24, 2.45) is 5.92 Å². The molecule has 0 amide bonds. The maximum Gasteiger partial charge on any atom is 0.188 e. The normalized spacial score (nSPS) is 18.3. The number of Topliss-reactive ketones (excluding diaryl/α,β-unsaturated/α-hetero) is 1. The predicted octanol–water partition coefficient (Wildman–Crippen LogP) is 2.84. The Kier molecular flexibility index (Phi) is 4.12. The SMILES string of the molecule is Cc1nccn1CC(=O)C(O)(c1ccccc1)C1CCCC1. The zero-order valence-electron chi connectivity index (χ0n) is 12.9. The van der Waals surface area contributed by atoms with Crippen LogP contribution in [0.15, 0.2) is 42.7 Å². The molecule has 3 rings (SSSR count). The summed E-state index contributed by atoms with van der Waals surface area (Å²) in [4.78, 5) is 17.1. The van der Waals surface area contributed by atoms with Crippen LogP contribution < -0.4 is 0 Å². The van der Waals surface area contributed by atoms with Gasteiger partial charge in [0.25, 0.3) is 0 Å². The van der Waals surface area contributed by atoms with Crippen molar-refractivity contribution in [1.82, 2.24) is 9.55 Å². The summed E-state index contributed by atoms with van der Waals surface area (Å²) >= 11 is 0. The lowest BCUT2D eigenvalue weighted by molar-refractivity contribution is -0.145. The van der Waals surface area contributed by atoms with Crippen LogP contribution in [0.3, 0.4) is 0 Å². The maximum atomic E-state index is 13.0. The molecular formula is C18H22N2O2. The van der Waals surface area contributed by atoms with Crippen molar-refractivity contribution in [3.8, 4) is 0 Å². The number of carbonyl (C=O) groups is 1. The predicted molar refractivity (Wildman–Crippen MR) is 84.3 cm³/mol. The third kappa shape index (κ3) is 2.59. The Morgan fingerprint density at radius 2 is 2.00 bits per heavy atom. The minimum Gasteiger partial charge on any atom is -0.377 e. The van der Waals surface area contributed by atoms with Gasteiger partial charge in [-0.3, -0.25) is 4.79 Å². The van der Waals surface area contributed by atoms with Crippen LogP contribution in [0, 0.1) is 12.8 Å². The lowest BCUT2D eigenvalue weighted by atomic mass is 9.77. The molecule has 22 heavy (non-hydrogen) atoms. The molecule has 1 heterocycles. The van der Waals surface area contributed by atoms with Gasteiger partial charge in [0, 0.05) is 12.4 Å². The molecule has 0 saturated heterocycles. The summed E-state index contributed by atoms with van der Waals surface area (Å²) in [6, 6.07) is 9.38. The summed E-state index contributed by atoms with van der Waals surface area (Å²) in [5, 5.41) is 11.4. The van der Waals surface area contributed by atoms with E-state index in [2.05, 4.69) is 4.98 Å². The highest BCUT2D eigenvalue weighted by atomic mass is 16.3. The number of nitrogens with zero attached hydrogens (tertiary/aromatic N) is 2. The topological polar surface area (TPSA) is 55.1 Å². The maximum absolute atomic E-state index is 13.0. The molecule has 1 saturated carbocycles. The van der Waals surface area contributed by atoms with E-state index < -0.39 is 5.60 Å². The van der Waals surface area contributed by atoms with Crippen molar-refractivity contribution in [2.45, 2.75) is 44.8 Å². The van der Waals surface area contributed by atoms with Crippen molar-refractivity contribution >= 4 is 5.78 Å². The Morgan fingerprint density at radius 3 is 2.59 bits per heavy atom. The molecule has 4 nitrogen and oxygen atoms in total. The first-order chi connectivity index (χ1) is 10.6. The highest BCUT2D eigenvalue weighted by molar-refractivity contribution is 5.88. The number of carbonyl (C=O) groups excluding carboxylic acids is 1. The first-order valence-electron chi connectivity index (χ1n) is 7.91. The number of imidazole rings is 1. The monoisotopic (exact) mass is 298 g/mol. The quantitative estimate of drug-likeness (QED) is 0.923. The van der Waals surface area contributed by atoms with Crippen molar-refractivity contribution < 1.29 is 9.90 Å². The fraction of sp³-hybridized carbons (Fsp3) is 0.444. The average molecular weight is 298 g/mol. The standard InChI is InChI=1S/C18H22N2O2/c1-14-19-11-12-20(14)13-17(21)18(22,16-9-5-6-10-16)15-7-3-2-4-8-15/h2-4,7-8,11-12,16,22H,5-6,9-10,13H2,1H3. The van der Waals surface area contributed by atoms with E-state index in [4.69, 9.17) is 0 Å². The van der Waals surface area contributed by atoms with Gasteiger partial charge in [0.15, 0.2) is 11.4 Å². The van der Waals surface area contributed by atoms with Gasteiger partial charge in [0.2, 0.25) is 0 Å². The largest absolute Gasteiger partial charge is 0.377 e. The van der Waals surface area contributed by atoms with Crippen LogP contribution in [-0.2, 0) is 16.9 Å². The summed E-state index contributed by atoms with van der Waals surface area (Å²) in [6.45, 7) is 2.03. The van der Waals surface area contributed by atoms with Gasteiger partial charge in [-0.2, -0.15) is 0 Å². The number of hydrogen-bond donors (Lipinski definition) is 1. The molecule has 1 fully saturated rings. The zero-order chi connectivity index (χ0) is 15.6. The molecule has 1 aromatic carbocycles. The summed E-state index contributed by atoms with van der Waals surface area (Å²) < 4.78 is 1.80. The van der Waals surface area contributed by atoms with Gasteiger partial charge in [-0.1, -0.05) is 43.2 Å². The highest BCUT2D eigenvalue weighted by Crippen LogP contribution is 2.41. The highest BCUT2D eigenvalue weighted by Gasteiger charge is 2.45. The van der Waals surface area contributed by atoms with Gasteiger partial charge in [0.1, 0.15) is 5.82 Å². The molecule has 1 aromatic heterocycles. The molecular weight excluding hydrogens is 276 g/mol. The Labute approximate surface area is 130 Å².